The number of anilines is 1. The molecule has 4 nitrogen and oxygen atoms in total. The molecule has 20 heavy (non-hydrogen) atoms. The fourth-order valence-electron chi connectivity index (χ4n) is 2.18. The highest BCUT2D eigenvalue weighted by Crippen LogP contribution is 2.30. The number of ketones is 1. The van der Waals surface area contributed by atoms with Crippen molar-refractivity contribution in [3.8, 4) is 0 Å². The van der Waals surface area contributed by atoms with E-state index in [2.05, 4.69) is 0 Å². The van der Waals surface area contributed by atoms with Crippen LogP contribution in [0.4, 0.5) is 5.69 Å². The van der Waals surface area contributed by atoms with Gasteiger partial charge in [-0.3, -0.25) is 19.9 Å². The van der Waals surface area contributed by atoms with E-state index in [-0.39, 0.29) is 17.0 Å². The lowest BCUT2D eigenvalue weighted by Gasteiger charge is -2.28. The zero-order valence-corrected chi connectivity index (χ0v) is 11.0. The van der Waals surface area contributed by atoms with E-state index in [1.54, 1.807) is 48.5 Å². The second-order valence-corrected chi connectivity index (χ2v) is 4.72. The Balaban J connectivity index is 2.20. The maximum atomic E-state index is 12.5. The number of nitrogens with one attached hydrogen (secondary N) is 1. The van der Waals surface area contributed by atoms with Gasteiger partial charge >= 0.3 is 0 Å². The molecular formula is C15H9ClN2O2. The first-order chi connectivity index (χ1) is 9.61. The number of hydrogen-bond donors (Lipinski definition) is 1. The Morgan fingerprint density at radius 1 is 0.900 bits per heavy atom. The Morgan fingerprint density at radius 2 is 1.50 bits per heavy atom. The number of halogens is 1. The van der Waals surface area contributed by atoms with Crippen LogP contribution in [0.3, 0.4) is 0 Å². The minimum absolute atomic E-state index is 0.255. The van der Waals surface area contributed by atoms with Gasteiger partial charge in [0.15, 0.2) is 5.84 Å². The summed E-state index contributed by atoms with van der Waals surface area (Å²) in [5, 5.41) is 8.26. The summed E-state index contributed by atoms with van der Waals surface area (Å²) in [4.78, 5) is 25.7. The molecule has 2 aromatic carbocycles. The number of rotatable bonds is 1. The normalized spacial score (nSPS) is 14.4. The number of nitrogens with zero attached hydrogens (tertiary/aromatic N) is 1. The number of hydrogen-bond acceptors (Lipinski definition) is 3. The third-order valence-electron chi connectivity index (χ3n) is 3.14. The Labute approximate surface area is 120 Å². The van der Waals surface area contributed by atoms with Crippen LogP contribution in [0.5, 0.6) is 0 Å². The maximum absolute atomic E-state index is 12.5. The van der Waals surface area contributed by atoms with Crippen molar-refractivity contribution < 1.29 is 9.59 Å². The van der Waals surface area contributed by atoms with Gasteiger partial charge in [-0.1, -0.05) is 41.9 Å². The highest BCUT2D eigenvalue weighted by atomic mass is 35.5. The summed E-state index contributed by atoms with van der Waals surface area (Å²) < 4.78 is 0. The highest BCUT2D eigenvalue weighted by molar-refractivity contribution is 6.57. The van der Waals surface area contributed by atoms with E-state index in [0.29, 0.717) is 10.7 Å². The molecular weight excluding hydrogens is 276 g/mol. The molecule has 0 saturated heterocycles. The van der Waals surface area contributed by atoms with Gasteiger partial charge in [-0.25, -0.2) is 0 Å². The molecule has 0 spiro atoms. The van der Waals surface area contributed by atoms with Crippen LogP contribution in [0.25, 0.3) is 0 Å². The van der Waals surface area contributed by atoms with Crippen LogP contribution in [0, 0.1) is 5.41 Å². The summed E-state index contributed by atoms with van der Waals surface area (Å²) in [6, 6.07) is 13.1. The number of amidine groups is 1. The Kier molecular flexibility index (Phi) is 2.88. The van der Waals surface area contributed by atoms with Crippen LogP contribution in [-0.2, 0) is 0 Å². The second-order valence-electron chi connectivity index (χ2n) is 4.32. The van der Waals surface area contributed by atoms with Gasteiger partial charge in [0.2, 0.25) is 5.78 Å². The number of fused-ring (bicyclic) bond motifs is 1. The van der Waals surface area contributed by atoms with Crippen LogP contribution in [0.1, 0.15) is 20.7 Å². The predicted molar refractivity (Wildman–Crippen MR) is 76.8 cm³/mol. The maximum Gasteiger partial charge on any atom is 0.264 e. The van der Waals surface area contributed by atoms with Gasteiger partial charge in [0.25, 0.3) is 5.91 Å². The van der Waals surface area contributed by atoms with Crippen LogP contribution in [-0.4, -0.2) is 17.5 Å². The molecule has 1 aliphatic rings. The quantitative estimate of drug-likeness (QED) is 0.874. The van der Waals surface area contributed by atoms with Crippen molar-refractivity contribution in [3.05, 3.63) is 64.7 Å². The van der Waals surface area contributed by atoms with E-state index in [0.717, 1.165) is 4.90 Å². The first-order valence-electron chi connectivity index (χ1n) is 5.92. The minimum atomic E-state index is -0.486. The van der Waals surface area contributed by atoms with Crippen LogP contribution in [0.2, 0.25) is 5.02 Å². The summed E-state index contributed by atoms with van der Waals surface area (Å²) in [5.74, 6) is -1.29. The first kappa shape index (κ1) is 12.6. The fourth-order valence-corrected chi connectivity index (χ4v) is 2.40. The van der Waals surface area contributed by atoms with Crippen LogP contribution >= 0.6 is 11.6 Å². The molecule has 0 unspecified atom stereocenters. The van der Waals surface area contributed by atoms with Gasteiger partial charge in [0, 0.05) is 5.56 Å². The van der Waals surface area contributed by atoms with Crippen LogP contribution < -0.4 is 4.90 Å². The van der Waals surface area contributed by atoms with E-state index in [9.17, 15) is 9.59 Å². The standard InChI is InChI=1S/C15H9ClN2O2/c16-11-7-3-4-8-12(11)18-14(17)13(19)9-5-1-2-6-10(9)15(18)20/h1-8,17H. The lowest BCUT2D eigenvalue weighted by atomic mass is 9.96. The van der Waals surface area contributed by atoms with Crippen molar-refractivity contribution in [1.29, 1.82) is 5.41 Å². The lowest BCUT2D eigenvalue weighted by Crippen LogP contribution is -2.46. The van der Waals surface area contributed by atoms with E-state index in [4.69, 9.17) is 17.0 Å². The van der Waals surface area contributed by atoms with E-state index in [1.807, 2.05) is 0 Å². The Morgan fingerprint density at radius 3 is 2.20 bits per heavy atom. The highest BCUT2D eigenvalue weighted by Gasteiger charge is 2.36. The summed E-state index contributed by atoms with van der Waals surface area (Å²) in [6.45, 7) is 0. The van der Waals surface area contributed by atoms with Crippen molar-refractivity contribution in [2.75, 3.05) is 4.90 Å². The molecule has 0 fully saturated rings. The summed E-state index contributed by atoms with van der Waals surface area (Å²) in [6.07, 6.45) is 0. The molecule has 1 N–H and O–H groups in total. The predicted octanol–water partition coefficient (Wildman–Crippen LogP) is 3.16. The Bertz CT molecular complexity index is 755. The average molecular weight is 285 g/mol. The first-order valence-corrected chi connectivity index (χ1v) is 6.30. The minimum Gasteiger partial charge on any atom is -0.285 e. The van der Waals surface area contributed by atoms with Gasteiger partial charge in [-0.2, -0.15) is 0 Å². The zero-order valence-electron chi connectivity index (χ0n) is 10.3. The molecule has 0 radical (unpaired) electrons. The van der Waals surface area contributed by atoms with Gasteiger partial charge in [-0.05, 0) is 18.2 Å². The summed E-state index contributed by atoms with van der Waals surface area (Å²) >= 11 is 6.06. The zero-order chi connectivity index (χ0) is 14.3. The average Bonchev–Trinajstić information content (AvgIpc) is 2.47. The van der Waals surface area contributed by atoms with Gasteiger partial charge < -0.3 is 0 Å². The lowest BCUT2D eigenvalue weighted by molar-refractivity contribution is 0.0966. The molecule has 1 amide bonds. The van der Waals surface area contributed by atoms with E-state index >= 15 is 0 Å². The molecule has 0 bridgehead atoms. The molecule has 2 aromatic rings. The smallest absolute Gasteiger partial charge is 0.264 e. The molecule has 98 valence electrons. The topological polar surface area (TPSA) is 61.2 Å². The third-order valence-corrected chi connectivity index (χ3v) is 3.46. The van der Waals surface area contributed by atoms with Crippen LogP contribution in [0.15, 0.2) is 48.5 Å². The number of amides is 1. The fraction of sp³-hybridized carbons (Fsp3) is 0. The van der Waals surface area contributed by atoms with Gasteiger partial charge in [0.05, 0.1) is 16.3 Å². The third kappa shape index (κ3) is 1.73. The van der Waals surface area contributed by atoms with Gasteiger partial charge in [-0.15, -0.1) is 0 Å². The van der Waals surface area contributed by atoms with Crippen molar-refractivity contribution in [3.63, 3.8) is 0 Å². The molecule has 3 rings (SSSR count). The Hall–Kier alpha value is -2.46. The van der Waals surface area contributed by atoms with E-state index < -0.39 is 11.7 Å². The second kappa shape index (κ2) is 4.58. The summed E-state index contributed by atoms with van der Waals surface area (Å²) in [7, 11) is 0. The SMILES string of the molecule is N=C1C(=O)c2ccccc2C(=O)N1c1ccccc1Cl. The summed E-state index contributed by atoms with van der Waals surface area (Å²) in [5.41, 5.74) is 0.881. The van der Waals surface area contributed by atoms with Crippen molar-refractivity contribution in [2.24, 2.45) is 0 Å². The van der Waals surface area contributed by atoms with Crippen molar-refractivity contribution >= 4 is 34.8 Å². The number of carbonyl (C=O) groups excluding carboxylic acids is 2. The number of carbonyl (C=O) groups is 2. The number of para-hydroxylation sites is 1. The molecule has 0 atom stereocenters. The molecule has 0 saturated carbocycles. The molecule has 5 heteroatoms. The largest absolute Gasteiger partial charge is 0.285 e. The van der Waals surface area contributed by atoms with Crippen molar-refractivity contribution in [1.82, 2.24) is 0 Å². The van der Waals surface area contributed by atoms with Gasteiger partial charge in [0.1, 0.15) is 0 Å². The molecule has 1 heterocycles. The monoisotopic (exact) mass is 284 g/mol. The molecule has 1 aliphatic heterocycles. The number of benzene rings is 2. The van der Waals surface area contributed by atoms with E-state index in [1.165, 1.54) is 0 Å². The number of Topliss-reactive ketones (excluding diaryl/α,β-unsaturated/α-hetero) is 1. The molecule has 0 aromatic heterocycles. The molecule has 0 aliphatic carbocycles. The van der Waals surface area contributed by atoms with Crippen molar-refractivity contribution in [2.45, 2.75) is 0 Å².